The van der Waals surface area contributed by atoms with Gasteiger partial charge in [-0.1, -0.05) is 20.8 Å². The van der Waals surface area contributed by atoms with Crippen molar-refractivity contribution in [1.29, 1.82) is 0 Å². The van der Waals surface area contributed by atoms with Gasteiger partial charge < -0.3 is 10.1 Å². The van der Waals surface area contributed by atoms with Crippen LogP contribution in [0.1, 0.15) is 26.3 Å². The van der Waals surface area contributed by atoms with E-state index in [-0.39, 0.29) is 23.7 Å². The van der Waals surface area contributed by atoms with Crippen LogP contribution in [0.15, 0.2) is 18.3 Å². The molecular weight excluding hydrogens is 357 g/mol. The van der Waals surface area contributed by atoms with Crippen molar-refractivity contribution in [2.75, 3.05) is 19.7 Å². The van der Waals surface area contributed by atoms with Crippen LogP contribution in [-0.2, 0) is 6.54 Å². The van der Waals surface area contributed by atoms with Crippen LogP contribution in [0, 0.1) is 11.3 Å². The quantitative estimate of drug-likeness (QED) is 0.706. The first-order valence-corrected chi connectivity index (χ1v) is 7.99. The Bertz CT molecular complexity index is 537. The maximum Gasteiger partial charge on any atom is 0.422 e. The minimum atomic E-state index is -4.36. The SMILES string of the molecule is CC(C)(C)C1NNCC1CNCc1ccnc(OCC(F)(F)F)c1.Cl. The van der Waals surface area contributed by atoms with E-state index in [1.807, 2.05) is 0 Å². The summed E-state index contributed by atoms with van der Waals surface area (Å²) >= 11 is 0. The van der Waals surface area contributed by atoms with E-state index in [4.69, 9.17) is 0 Å². The highest BCUT2D eigenvalue weighted by atomic mass is 35.5. The molecule has 5 nitrogen and oxygen atoms in total. The Hall–Kier alpha value is -1.09. The van der Waals surface area contributed by atoms with E-state index in [2.05, 4.69) is 46.7 Å². The standard InChI is InChI=1S/C16H25F3N4O.ClH/c1-15(2,3)14-12(9-22-23-14)8-20-7-11-4-5-21-13(6-11)24-10-16(17,18)19;/h4-6,12,14,20,22-23H,7-10H2,1-3H3;1H. The molecule has 0 saturated carbocycles. The average molecular weight is 383 g/mol. The Morgan fingerprint density at radius 1 is 1.32 bits per heavy atom. The minimum absolute atomic E-state index is 0. The minimum Gasteiger partial charge on any atom is -0.468 e. The molecule has 1 saturated heterocycles. The molecule has 1 aromatic rings. The summed E-state index contributed by atoms with van der Waals surface area (Å²) in [5.41, 5.74) is 7.48. The molecule has 1 aliphatic rings. The van der Waals surface area contributed by atoms with E-state index in [0.29, 0.717) is 18.5 Å². The molecule has 0 amide bonds. The van der Waals surface area contributed by atoms with Crippen LogP contribution < -0.4 is 20.9 Å². The summed E-state index contributed by atoms with van der Waals surface area (Å²) in [4.78, 5) is 3.80. The van der Waals surface area contributed by atoms with Crippen molar-refractivity contribution in [2.24, 2.45) is 11.3 Å². The Labute approximate surface area is 152 Å². The Morgan fingerprint density at radius 2 is 2.04 bits per heavy atom. The van der Waals surface area contributed by atoms with Crippen molar-refractivity contribution in [1.82, 2.24) is 21.2 Å². The number of ether oxygens (including phenoxy) is 1. The van der Waals surface area contributed by atoms with Gasteiger partial charge >= 0.3 is 6.18 Å². The van der Waals surface area contributed by atoms with E-state index in [1.165, 1.54) is 12.3 Å². The number of nitrogens with one attached hydrogen (secondary N) is 3. The van der Waals surface area contributed by atoms with E-state index >= 15 is 0 Å². The van der Waals surface area contributed by atoms with Gasteiger partial charge in [-0.05, 0) is 17.0 Å². The highest BCUT2D eigenvalue weighted by Gasteiger charge is 2.35. The molecule has 0 bridgehead atoms. The van der Waals surface area contributed by atoms with Gasteiger partial charge in [0.1, 0.15) is 0 Å². The molecule has 2 unspecified atom stereocenters. The van der Waals surface area contributed by atoms with Gasteiger partial charge in [-0.2, -0.15) is 13.2 Å². The second-order valence-electron chi connectivity index (χ2n) is 7.17. The first-order chi connectivity index (χ1) is 11.1. The number of pyridine rings is 1. The Morgan fingerprint density at radius 3 is 2.68 bits per heavy atom. The fourth-order valence-electron chi connectivity index (χ4n) is 2.85. The van der Waals surface area contributed by atoms with E-state index in [9.17, 15) is 13.2 Å². The summed E-state index contributed by atoms with van der Waals surface area (Å²) in [5.74, 6) is 0.427. The number of aromatic nitrogens is 1. The van der Waals surface area contributed by atoms with Crippen molar-refractivity contribution in [3.05, 3.63) is 23.9 Å². The number of hydrogen-bond acceptors (Lipinski definition) is 5. The van der Waals surface area contributed by atoms with Crippen LogP contribution in [0.2, 0.25) is 0 Å². The van der Waals surface area contributed by atoms with Crippen molar-refractivity contribution in [3.63, 3.8) is 0 Å². The lowest BCUT2D eigenvalue weighted by Gasteiger charge is -2.31. The monoisotopic (exact) mass is 382 g/mol. The molecule has 0 aromatic carbocycles. The summed E-state index contributed by atoms with van der Waals surface area (Å²) < 4.78 is 41.2. The average Bonchev–Trinajstić information content (AvgIpc) is 2.94. The smallest absolute Gasteiger partial charge is 0.422 e. The zero-order chi connectivity index (χ0) is 17.8. The fourth-order valence-corrected chi connectivity index (χ4v) is 2.85. The molecule has 3 N–H and O–H groups in total. The molecule has 1 aromatic heterocycles. The van der Waals surface area contributed by atoms with Gasteiger partial charge in [0.25, 0.3) is 0 Å². The molecule has 0 spiro atoms. The van der Waals surface area contributed by atoms with Crippen LogP contribution in [0.4, 0.5) is 13.2 Å². The molecule has 2 heterocycles. The zero-order valence-electron chi connectivity index (χ0n) is 14.6. The van der Waals surface area contributed by atoms with Crippen molar-refractivity contribution < 1.29 is 17.9 Å². The molecule has 2 atom stereocenters. The van der Waals surface area contributed by atoms with Gasteiger partial charge in [0.2, 0.25) is 5.88 Å². The number of hydrazine groups is 1. The fraction of sp³-hybridized carbons (Fsp3) is 0.688. The summed E-state index contributed by atoms with van der Waals surface area (Å²) in [6, 6.07) is 3.65. The molecule has 1 fully saturated rings. The normalized spacial score (nSPS) is 21.0. The number of hydrogen-bond donors (Lipinski definition) is 3. The lowest BCUT2D eigenvalue weighted by atomic mass is 9.80. The first-order valence-electron chi connectivity index (χ1n) is 7.99. The lowest BCUT2D eigenvalue weighted by molar-refractivity contribution is -0.154. The molecule has 0 radical (unpaired) electrons. The molecule has 144 valence electrons. The highest BCUT2D eigenvalue weighted by Crippen LogP contribution is 2.27. The Balaban J connectivity index is 0.00000312. The number of nitrogens with zero attached hydrogens (tertiary/aromatic N) is 1. The second-order valence-corrected chi connectivity index (χ2v) is 7.17. The maximum atomic E-state index is 12.2. The Kier molecular flexibility index (Phi) is 7.92. The van der Waals surface area contributed by atoms with Gasteiger partial charge in [0, 0.05) is 43.9 Å². The third kappa shape index (κ3) is 7.35. The second kappa shape index (κ2) is 9.02. The summed E-state index contributed by atoms with van der Waals surface area (Å²) in [7, 11) is 0. The van der Waals surface area contributed by atoms with Gasteiger partial charge in [-0.25, -0.2) is 4.98 Å². The molecule has 0 aliphatic carbocycles. The molecule has 2 rings (SSSR count). The lowest BCUT2D eigenvalue weighted by Crippen LogP contribution is -2.44. The van der Waals surface area contributed by atoms with Crippen molar-refractivity contribution in [2.45, 2.75) is 39.5 Å². The van der Waals surface area contributed by atoms with Crippen molar-refractivity contribution in [3.8, 4) is 5.88 Å². The number of alkyl halides is 3. The topological polar surface area (TPSA) is 58.2 Å². The van der Waals surface area contributed by atoms with Gasteiger partial charge in [0.05, 0.1) is 0 Å². The maximum absolute atomic E-state index is 12.2. The highest BCUT2D eigenvalue weighted by molar-refractivity contribution is 5.85. The van der Waals surface area contributed by atoms with Gasteiger partial charge in [0.15, 0.2) is 6.61 Å². The van der Waals surface area contributed by atoms with E-state index < -0.39 is 12.8 Å². The summed E-state index contributed by atoms with van der Waals surface area (Å²) in [5, 5.41) is 3.36. The number of rotatable bonds is 6. The van der Waals surface area contributed by atoms with Gasteiger partial charge in [-0.3, -0.25) is 10.9 Å². The van der Waals surface area contributed by atoms with Crippen LogP contribution in [0.5, 0.6) is 5.88 Å². The predicted molar refractivity (Wildman–Crippen MR) is 92.6 cm³/mol. The van der Waals surface area contributed by atoms with Crippen LogP contribution in [-0.4, -0.2) is 36.9 Å². The summed E-state index contributed by atoms with van der Waals surface area (Å²) in [6.07, 6.45) is -2.90. The summed E-state index contributed by atoms with van der Waals surface area (Å²) in [6.45, 7) is 7.49. The molecule has 25 heavy (non-hydrogen) atoms. The molecule has 9 heteroatoms. The predicted octanol–water partition coefficient (Wildman–Crippen LogP) is 2.67. The van der Waals surface area contributed by atoms with Crippen molar-refractivity contribution >= 4 is 12.4 Å². The van der Waals surface area contributed by atoms with Crippen LogP contribution >= 0.6 is 12.4 Å². The zero-order valence-corrected chi connectivity index (χ0v) is 15.4. The third-order valence-corrected chi connectivity index (χ3v) is 3.94. The van der Waals surface area contributed by atoms with Crippen LogP contribution in [0.25, 0.3) is 0 Å². The third-order valence-electron chi connectivity index (χ3n) is 3.94. The van der Waals surface area contributed by atoms with E-state index in [0.717, 1.165) is 18.7 Å². The largest absolute Gasteiger partial charge is 0.468 e. The van der Waals surface area contributed by atoms with Crippen LogP contribution in [0.3, 0.4) is 0 Å². The molecular formula is C16H26ClF3N4O. The molecule has 1 aliphatic heterocycles. The van der Waals surface area contributed by atoms with Gasteiger partial charge in [-0.15, -0.1) is 12.4 Å². The number of halogens is 4. The van der Waals surface area contributed by atoms with E-state index in [1.54, 1.807) is 6.07 Å². The first kappa shape index (κ1) is 22.0.